The van der Waals surface area contributed by atoms with Gasteiger partial charge in [0.15, 0.2) is 0 Å². The van der Waals surface area contributed by atoms with Gasteiger partial charge in [0.1, 0.15) is 0 Å². The fraction of sp³-hybridized carbons (Fsp3) is 0.818. The third kappa shape index (κ3) is 2.52. The average molecular weight is 226 g/mol. The van der Waals surface area contributed by atoms with E-state index in [1.807, 2.05) is 0 Å². The molecule has 1 aliphatic heterocycles. The number of aliphatic hydroxyl groups excluding tert-OH is 1. The summed E-state index contributed by atoms with van der Waals surface area (Å²) in [5, 5.41) is 12.3. The summed E-state index contributed by atoms with van der Waals surface area (Å²) >= 11 is 0. The van der Waals surface area contributed by atoms with Gasteiger partial charge in [-0.2, -0.15) is 0 Å². The Labute approximate surface area is 94.8 Å². The summed E-state index contributed by atoms with van der Waals surface area (Å²) in [6.07, 6.45) is 1.74. The Kier molecular flexibility index (Phi) is 3.14. The second-order valence-corrected chi connectivity index (χ2v) is 4.77. The molecule has 5 heteroatoms. The van der Waals surface area contributed by atoms with Crippen LogP contribution in [0.1, 0.15) is 19.8 Å². The van der Waals surface area contributed by atoms with Gasteiger partial charge in [-0.3, -0.25) is 9.59 Å². The van der Waals surface area contributed by atoms with Gasteiger partial charge in [-0.25, -0.2) is 0 Å². The van der Waals surface area contributed by atoms with Crippen LogP contribution >= 0.6 is 0 Å². The Morgan fingerprint density at radius 2 is 2.06 bits per heavy atom. The van der Waals surface area contributed by atoms with Gasteiger partial charge in [0.2, 0.25) is 11.8 Å². The van der Waals surface area contributed by atoms with Crippen LogP contribution in [0.5, 0.6) is 0 Å². The van der Waals surface area contributed by atoms with Gasteiger partial charge in [-0.05, 0) is 18.8 Å². The van der Waals surface area contributed by atoms with Gasteiger partial charge in [0.25, 0.3) is 0 Å². The first-order chi connectivity index (χ1) is 7.58. The van der Waals surface area contributed by atoms with Crippen molar-refractivity contribution >= 4 is 11.8 Å². The Hall–Kier alpha value is -1.10. The average Bonchev–Trinajstić information content (AvgIpc) is 2.93. The molecule has 1 saturated carbocycles. The number of carbonyl (C=O) groups excluding carboxylic acids is 2. The lowest BCUT2D eigenvalue weighted by Crippen LogP contribution is -2.55. The number of nitrogens with zero attached hydrogens (tertiary/aromatic N) is 1. The molecule has 90 valence electrons. The Balaban J connectivity index is 1.63. The maximum absolute atomic E-state index is 11.6. The molecule has 0 spiro atoms. The first-order valence-electron chi connectivity index (χ1n) is 5.79. The van der Waals surface area contributed by atoms with Gasteiger partial charge in [-0.1, -0.05) is 0 Å². The van der Waals surface area contributed by atoms with Crippen molar-refractivity contribution in [1.82, 2.24) is 10.2 Å². The molecule has 1 atom stereocenters. The molecular formula is C11H18N2O3. The molecule has 2 rings (SSSR count). The molecule has 2 N–H and O–H groups in total. The summed E-state index contributed by atoms with van der Waals surface area (Å²) in [5.41, 5.74) is 0. The number of amides is 2. The molecule has 0 aromatic heterocycles. The number of hydrogen-bond donors (Lipinski definition) is 2. The lowest BCUT2D eigenvalue weighted by atomic mass is 9.99. The second kappa shape index (κ2) is 4.41. The van der Waals surface area contributed by atoms with Gasteiger partial charge < -0.3 is 15.3 Å². The summed E-state index contributed by atoms with van der Waals surface area (Å²) in [5.74, 6) is 0.268. The zero-order valence-electron chi connectivity index (χ0n) is 9.48. The SMILES string of the molecule is CC(=O)N1CC(C(=O)NCC(O)C2CC2)C1. The fourth-order valence-corrected chi connectivity index (χ4v) is 1.90. The van der Waals surface area contributed by atoms with E-state index in [1.165, 1.54) is 6.92 Å². The van der Waals surface area contributed by atoms with E-state index in [-0.39, 0.29) is 17.7 Å². The minimum absolute atomic E-state index is 0.0158. The monoisotopic (exact) mass is 226 g/mol. The van der Waals surface area contributed by atoms with Gasteiger partial charge >= 0.3 is 0 Å². The number of hydrogen-bond acceptors (Lipinski definition) is 3. The van der Waals surface area contributed by atoms with Gasteiger partial charge in [-0.15, -0.1) is 0 Å². The van der Waals surface area contributed by atoms with E-state index in [0.717, 1.165) is 12.8 Å². The second-order valence-electron chi connectivity index (χ2n) is 4.77. The molecule has 0 aromatic rings. The van der Waals surface area contributed by atoms with E-state index in [1.54, 1.807) is 4.90 Å². The smallest absolute Gasteiger partial charge is 0.226 e. The highest BCUT2D eigenvalue weighted by molar-refractivity contribution is 5.83. The first kappa shape index (κ1) is 11.4. The molecule has 2 aliphatic rings. The van der Waals surface area contributed by atoms with E-state index in [4.69, 9.17) is 0 Å². The third-order valence-corrected chi connectivity index (χ3v) is 3.35. The molecule has 1 heterocycles. The Bertz CT molecular complexity index is 296. The van der Waals surface area contributed by atoms with Crippen LogP contribution in [0.15, 0.2) is 0 Å². The minimum Gasteiger partial charge on any atom is -0.391 e. The molecule has 1 unspecified atom stereocenters. The van der Waals surface area contributed by atoms with Crippen molar-refractivity contribution in [1.29, 1.82) is 0 Å². The highest BCUT2D eigenvalue weighted by Crippen LogP contribution is 2.32. The standard InChI is InChI=1S/C11H18N2O3/c1-7(14)13-5-9(6-13)11(16)12-4-10(15)8-2-3-8/h8-10,15H,2-6H2,1H3,(H,12,16). The van der Waals surface area contributed by atoms with E-state index >= 15 is 0 Å². The van der Waals surface area contributed by atoms with Crippen LogP contribution in [0.3, 0.4) is 0 Å². The van der Waals surface area contributed by atoms with Crippen LogP contribution in [0.2, 0.25) is 0 Å². The first-order valence-corrected chi connectivity index (χ1v) is 5.79. The van der Waals surface area contributed by atoms with Crippen LogP contribution in [0.4, 0.5) is 0 Å². The molecule has 0 aromatic carbocycles. The number of nitrogens with one attached hydrogen (secondary N) is 1. The van der Waals surface area contributed by atoms with Crippen molar-refractivity contribution in [3.05, 3.63) is 0 Å². The van der Waals surface area contributed by atoms with Crippen LogP contribution in [0.25, 0.3) is 0 Å². The van der Waals surface area contributed by atoms with Crippen molar-refractivity contribution in [3.8, 4) is 0 Å². The third-order valence-electron chi connectivity index (χ3n) is 3.35. The number of carbonyl (C=O) groups is 2. The topological polar surface area (TPSA) is 69.6 Å². The fourth-order valence-electron chi connectivity index (χ4n) is 1.90. The van der Waals surface area contributed by atoms with Gasteiger partial charge in [0, 0.05) is 26.6 Å². The van der Waals surface area contributed by atoms with Crippen molar-refractivity contribution in [3.63, 3.8) is 0 Å². The van der Waals surface area contributed by atoms with E-state index in [0.29, 0.717) is 25.6 Å². The molecule has 2 amide bonds. The van der Waals surface area contributed by atoms with Crippen molar-refractivity contribution in [2.45, 2.75) is 25.9 Å². The summed E-state index contributed by atoms with van der Waals surface area (Å²) in [7, 11) is 0. The number of aliphatic hydroxyl groups is 1. The lowest BCUT2D eigenvalue weighted by Gasteiger charge is -2.37. The minimum atomic E-state index is -0.395. The van der Waals surface area contributed by atoms with Crippen molar-refractivity contribution in [2.75, 3.05) is 19.6 Å². The maximum atomic E-state index is 11.6. The number of rotatable bonds is 4. The van der Waals surface area contributed by atoms with Crippen LogP contribution in [0, 0.1) is 11.8 Å². The lowest BCUT2D eigenvalue weighted by molar-refractivity contribution is -0.141. The van der Waals surface area contributed by atoms with Crippen LogP contribution in [-0.2, 0) is 9.59 Å². The molecule has 0 bridgehead atoms. The predicted molar refractivity (Wildman–Crippen MR) is 57.5 cm³/mol. The molecule has 0 radical (unpaired) electrons. The van der Waals surface area contributed by atoms with Crippen molar-refractivity contribution < 1.29 is 14.7 Å². The molecule has 5 nitrogen and oxygen atoms in total. The van der Waals surface area contributed by atoms with Crippen LogP contribution < -0.4 is 5.32 Å². The van der Waals surface area contributed by atoms with E-state index in [2.05, 4.69) is 5.32 Å². The quantitative estimate of drug-likeness (QED) is 0.669. The summed E-state index contributed by atoms with van der Waals surface area (Å²) < 4.78 is 0. The zero-order valence-corrected chi connectivity index (χ0v) is 9.48. The van der Waals surface area contributed by atoms with E-state index < -0.39 is 6.10 Å². The molecule has 2 fully saturated rings. The van der Waals surface area contributed by atoms with Crippen LogP contribution in [-0.4, -0.2) is 47.6 Å². The summed E-state index contributed by atoms with van der Waals surface area (Å²) in [6, 6.07) is 0. The normalized spacial score (nSPS) is 22.5. The van der Waals surface area contributed by atoms with Gasteiger partial charge in [0.05, 0.1) is 12.0 Å². The van der Waals surface area contributed by atoms with Crippen molar-refractivity contribution in [2.24, 2.45) is 11.8 Å². The molecular weight excluding hydrogens is 208 g/mol. The highest BCUT2D eigenvalue weighted by Gasteiger charge is 2.35. The maximum Gasteiger partial charge on any atom is 0.226 e. The largest absolute Gasteiger partial charge is 0.391 e. The summed E-state index contributed by atoms with van der Waals surface area (Å²) in [6.45, 7) is 2.88. The summed E-state index contributed by atoms with van der Waals surface area (Å²) in [4.78, 5) is 24.1. The zero-order chi connectivity index (χ0) is 11.7. The predicted octanol–water partition coefficient (Wildman–Crippen LogP) is -0.648. The molecule has 16 heavy (non-hydrogen) atoms. The molecule has 1 saturated heterocycles. The van der Waals surface area contributed by atoms with E-state index in [9.17, 15) is 14.7 Å². The number of likely N-dealkylation sites (tertiary alicyclic amines) is 1. The molecule has 1 aliphatic carbocycles. The Morgan fingerprint density at radius 3 is 2.56 bits per heavy atom. The Morgan fingerprint density at radius 1 is 1.44 bits per heavy atom. The highest BCUT2D eigenvalue weighted by atomic mass is 16.3.